The first-order valence-corrected chi connectivity index (χ1v) is 8.61. The molecule has 2 rings (SSSR count). The van der Waals surface area contributed by atoms with Crippen LogP contribution in [0.3, 0.4) is 0 Å². The summed E-state index contributed by atoms with van der Waals surface area (Å²) in [7, 11) is 1.56. The molecule has 0 saturated carbocycles. The standard InChI is InChI=1S/C20H23N3O5/c1-14-3-7-16(8-4-14)21-19(25)12-28-13-20(26)23-22-18(24)11-15-5-9-17(27-2)10-6-15/h3-10H,11-13H2,1-2H3,(H,21,25)(H,22,24)(H,23,26). The first-order chi connectivity index (χ1) is 13.5. The van der Waals surface area contributed by atoms with Gasteiger partial charge in [-0.2, -0.15) is 0 Å². The third-order valence-electron chi connectivity index (χ3n) is 3.67. The van der Waals surface area contributed by atoms with Gasteiger partial charge in [0.1, 0.15) is 19.0 Å². The number of hydrogen-bond donors (Lipinski definition) is 3. The zero-order valence-electron chi connectivity index (χ0n) is 15.8. The molecule has 3 N–H and O–H groups in total. The predicted octanol–water partition coefficient (Wildman–Crippen LogP) is 1.35. The molecule has 0 fully saturated rings. The number of carbonyl (C=O) groups excluding carboxylic acids is 3. The number of anilines is 1. The van der Waals surface area contributed by atoms with Gasteiger partial charge in [0.15, 0.2) is 0 Å². The third kappa shape index (κ3) is 7.46. The molecule has 2 aromatic rings. The van der Waals surface area contributed by atoms with Crippen LogP contribution in [0.2, 0.25) is 0 Å². The molecule has 0 unspecified atom stereocenters. The van der Waals surface area contributed by atoms with E-state index in [0.717, 1.165) is 11.1 Å². The number of rotatable bonds is 8. The fraction of sp³-hybridized carbons (Fsp3) is 0.250. The van der Waals surface area contributed by atoms with Crippen molar-refractivity contribution in [3.05, 3.63) is 59.7 Å². The summed E-state index contributed by atoms with van der Waals surface area (Å²) in [4.78, 5) is 35.2. The molecule has 8 heteroatoms. The molecule has 0 heterocycles. The van der Waals surface area contributed by atoms with Crippen LogP contribution >= 0.6 is 0 Å². The molecule has 0 aliphatic carbocycles. The molecule has 0 atom stereocenters. The largest absolute Gasteiger partial charge is 0.497 e. The van der Waals surface area contributed by atoms with Crippen LogP contribution < -0.4 is 20.9 Å². The van der Waals surface area contributed by atoms with E-state index < -0.39 is 5.91 Å². The summed E-state index contributed by atoms with van der Waals surface area (Å²) in [5, 5.41) is 2.65. The van der Waals surface area contributed by atoms with Gasteiger partial charge in [-0.05, 0) is 36.8 Å². The van der Waals surface area contributed by atoms with Gasteiger partial charge in [0.05, 0.1) is 13.5 Å². The number of aryl methyl sites for hydroxylation is 1. The summed E-state index contributed by atoms with van der Waals surface area (Å²) in [6.45, 7) is 1.31. The lowest BCUT2D eigenvalue weighted by Gasteiger charge is -2.09. The van der Waals surface area contributed by atoms with E-state index in [1.54, 1.807) is 43.5 Å². The van der Waals surface area contributed by atoms with Gasteiger partial charge in [0.2, 0.25) is 11.8 Å². The van der Waals surface area contributed by atoms with Crippen molar-refractivity contribution in [2.75, 3.05) is 25.6 Å². The smallest absolute Gasteiger partial charge is 0.264 e. The molecule has 8 nitrogen and oxygen atoms in total. The van der Waals surface area contributed by atoms with Crippen LogP contribution in [-0.2, 0) is 25.5 Å². The normalized spacial score (nSPS) is 10.1. The van der Waals surface area contributed by atoms with Gasteiger partial charge in [0.25, 0.3) is 5.91 Å². The highest BCUT2D eigenvalue weighted by molar-refractivity contribution is 5.92. The van der Waals surface area contributed by atoms with Crippen molar-refractivity contribution in [2.45, 2.75) is 13.3 Å². The minimum absolute atomic E-state index is 0.101. The van der Waals surface area contributed by atoms with Gasteiger partial charge < -0.3 is 14.8 Å². The first-order valence-electron chi connectivity index (χ1n) is 8.61. The van der Waals surface area contributed by atoms with Crippen molar-refractivity contribution in [3.8, 4) is 5.75 Å². The zero-order chi connectivity index (χ0) is 20.4. The highest BCUT2D eigenvalue weighted by Crippen LogP contribution is 2.11. The maximum atomic E-state index is 11.8. The number of hydrazine groups is 1. The quantitative estimate of drug-likeness (QED) is 0.595. The van der Waals surface area contributed by atoms with Crippen molar-refractivity contribution in [3.63, 3.8) is 0 Å². The number of carbonyl (C=O) groups is 3. The number of hydrogen-bond acceptors (Lipinski definition) is 5. The zero-order valence-corrected chi connectivity index (χ0v) is 15.8. The lowest BCUT2D eigenvalue weighted by Crippen LogP contribution is -2.44. The minimum atomic E-state index is -0.564. The number of amides is 3. The Labute approximate surface area is 163 Å². The van der Waals surface area contributed by atoms with Crippen LogP contribution in [0.25, 0.3) is 0 Å². The second kappa shape index (κ2) is 10.7. The molecule has 0 radical (unpaired) electrons. The van der Waals surface area contributed by atoms with Crippen molar-refractivity contribution in [1.82, 2.24) is 10.9 Å². The van der Waals surface area contributed by atoms with E-state index in [2.05, 4.69) is 16.2 Å². The molecule has 0 aliphatic heterocycles. The Morgan fingerprint density at radius 1 is 0.821 bits per heavy atom. The molecule has 3 amide bonds. The Bertz CT molecular complexity index is 804. The molecular formula is C20H23N3O5. The maximum absolute atomic E-state index is 11.8. The highest BCUT2D eigenvalue weighted by atomic mass is 16.5. The minimum Gasteiger partial charge on any atom is -0.497 e. The van der Waals surface area contributed by atoms with Gasteiger partial charge in [-0.15, -0.1) is 0 Å². The van der Waals surface area contributed by atoms with E-state index in [4.69, 9.17) is 9.47 Å². The fourth-order valence-corrected chi connectivity index (χ4v) is 2.22. The number of nitrogens with one attached hydrogen (secondary N) is 3. The van der Waals surface area contributed by atoms with Crippen LogP contribution in [0, 0.1) is 6.92 Å². The molecule has 28 heavy (non-hydrogen) atoms. The lowest BCUT2D eigenvalue weighted by atomic mass is 10.1. The van der Waals surface area contributed by atoms with E-state index in [1.807, 2.05) is 19.1 Å². The van der Waals surface area contributed by atoms with E-state index in [9.17, 15) is 14.4 Å². The van der Waals surface area contributed by atoms with Gasteiger partial charge in [0, 0.05) is 5.69 Å². The topological polar surface area (TPSA) is 106 Å². The molecule has 148 valence electrons. The van der Waals surface area contributed by atoms with Crippen LogP contribution in [-0.4, -0.2) is 38.0 Å². The molecule has 0 aromatic heterocycles. The van der Waals surface area contributed by atoms with Crippen LogP contribution in [0.1, 0.15) is 11.1 Å². The van der Waals surface area contributed by atoms with Gasteiger partial charge in [-0.1, -0.05) is 29.8 Å². The second-order valence-corrected chi connectivity index (χ2v) is 6.03. The van der Waals surface area contributed by atoms with E-state index in [1.165, 1.54) is 0 Å². The van der Waals surface area contributed by atoms with Crippen molar-refractivity contribution in [2.24, 2.45) is 0 Å². The van der Waals surface area contributed by atoms with Gasteiger partial charge in [-0.3, -0.25) is 25.2 Å². The molecule has 2 aromatic carbocycles. The summed E-state index contributed by atoms with van der Waals surface area (Å²) in [6, 6.07) is 14.3. The monoisotopic (exact) mass is 385 g/mol. The molecule has 0 saturated heterocycles. The predicted molar refractivity (Wildman–Crippen MR) is 104 cm³/mol. The van der Waals surface area contributed by atoms with Crippen molar-refractivity contribution < 1.29 is 23.9 Å². The summed E-state index contributed by atoms with van der Waals surface area (Å²) < 4.78 is 10.1. The Morgan fingerprint density at radius 2 is 1.43 bits per heavy atom. The third-order valence-corrected chi connectivity index (χ3v) is 3.67. The molecule has 0 spiro atoms. The number of benzene rings is 2. The van der Waals surface area contributed by atoms with E-state index >= 15 is 0 Å². The molecular weight excluding hydrogens is 362 g/mol. The summed E-state index contributed by atoms with van der Waals surface area (Å²) in [5.74, 6) is -0.622. The van der Waals surface area contributed by atoms with E-state index in [-0.39, 0.29) is 31.4 Å². The second-order valence-electron chi connectivity index (χ2n) is 6.03. The Morgan fingerprint density at radius 3 is 2.07 bits per heavy atom. The van der Waals surface area contributed by atoms with Crippen molar-refractivity contribution in [1.29, 1.82) is 0 Å². The Kier molecular flexibility index (Phi) is 7.98. The van der Waals surface area contributed by atoms with Crippen molar-refractivity contribution >= 4 is 23.4 Å². The number of methoxy groups -OCH3 is 1. The summed E-state index contributed by atoms with van der Waals surface area (Å²) in [5.41, 5.74) is 7.03. The fourth-order valence-electron chi connectivity index (χ4n) is 2.22. The summed E-state index contributed by atoms with van der Waals surface area (Å²) in [6.07, 6.45) is 0.101. The Balaban J connectivity index is 1.61. The van der Waals surface area contributed by atoms with Gasteiger partial charge >= 0.3 is 0 Å². The Hall–Kier alpha value is -3.39. The first kappa shape index (κ1) is 20.9. The summed E-state index contributed by atoms with van der Waals surface area (Å²) >= 11 is 0. The molecule has 0 bridgehead atoms. The highest BCUT2D eigenvalue weighted by Gasteiger charge is 2.08. The average Bonchev–Trinajstić information content (AvgIpc) is 2.69. The lowest BCUT2D eigenvalue weighted by molar-refractivity contribution is -0.133. The number of ether oxygens (including phenoxy) is 2. The average molecular weight is 385 g/mol. The van der Waals surface area contributed by atoms with Crippen LogP contribution in [0.5, 0.6) is 5.75 Å². The maximum Gasteiger partial charge on any atom is 0.264 e. The van der Waals surface area contributed by atoms with Crippen LogP contribution in [0.15, 0.2) is 48.5 Å². The molecule has 0 aliphatic rings. The van der Waals surface area contributed by atoms with Crippen LogP contribution in [0.4, 0.5) is 5.69 Å². The SMILES string of the molecule is COc1ccc(CC(=O)NNC(=O)COCC(=O)Nc2ccc(C)cc2)cc1. The van der Waals surface area contributed by atoms with E-state index in [0.29, 0.717) is 11.4 Å². The van der Waals surface area contributed by atoms with Gasteiger partial charge in [-0.25, -0.2) is 0 Å².